The lowest BCUT2D eigenvalue weighted by Gasteiger charge is -2.35. The summed E-state index contributed by atoms with van der Waals surface area (Å²) in [5.74, 6) is 2.47. The average molecular weight is 225 g/mol. The van der Waals surface area contributed by atoms with Crippen molar-refractivity contribution in [3.8, 4) is 0 Å². The molecule has 1 fully saturated rings. The highest BCUT2D eigenvalue weighted by Crippen LogP contribution is 2.49. The Labute approximate surface area is 93.8 Å². The first kappa shape index (κ1) is 10.4. The van der Waals surface area contributed by atoms with Crippen LogP contribution in [0.15, 0.2) is 30.3 Å². The summed E-state index contributed by atoms with van der Waals surface area (Å²) in [6.45, 7) is 0.729. The summed E-state index contributed by atoms with van der Waals surface area (Å²) >= 11 is 4.00. The van der Waals surface area contributed by atoms with E-state index in [9.17, 15) is 0 Å². The van der Waals surface area contributed by atoms with Gasteiger partial charge >= 0.3 is 0 Å². The second kappa shape index (κ2) is 4.60. The number of thioether (sulfide) groups is 2. The summed E-state index contributed by atoms with van der Waals surface area (Å²) in [5.41, 5.74) is 7.30. The van der Waals surface area contributed by atoms with Crippen LogP contribution >= 0.6 is 23.5 Å². The predicted molar refractivity (Wildman–Crippen MR) is 66.7 cm³/mol. The number of hydrogen-bond donors (Lipinski definition) is 1. The quantitative estimate of drug-likeness (QED) is 0.838. The molecular weight excluding hydrogens is 210 g/mol. The number of rotatable bonds is 2. The molecule has 1 aliphatic rings. The molecule has 3 heteroatoms. The van der Waals surface area contributed by atoms with Crippen LogP contribution in [-0.2, 0) is 4.08 Å². The van der Waals surface area contributed by atoms with Crippen LogP contribution in [0, 0.1) is 0 Å². The van der Waals surface area contributed by atoms with Crippen molar-refractivity contribution in [1.29, 1.82) is 0 Å². The van der Waals surface area contributed by atoms with Crippen LogP contribution in [0.1, 0.15) is 12.0 Å². The Kier molecular flexibility index (Phi) is 3.42. The highest BCUT2D eigenvalue weighted by Gasteiger charge is 2.33. The first-order valence-corrected chi connectivity index (χ1v) is 6.88. The maximum absolute atomic E-state index is 5.93. The maximum atomic E-state index is 5.93. The van der Waals surface area contributed by atoms with Crippen molar-refractivity contribution in [2.45, 2.75) is 10.5 Å². The van der Waals surface area contributed by atoms with Gasteiger partial charge in [0.1, 0.15) is 0 Å². The molecule has 0 spiro atoms. The molecule has 0 unspecified atom stereocenters. The van der Waals surface area contributed by atoms with Gasteiger partial charge in [0.25, 0.3) is 0 Å². The van der Waals surface area contributed by atoms with Gasteiger partial charge in [0.2, 0.25) is 0 Å². The molecule has 1 heterocycles. The van der Waals surface area contributed by atoms with Gasteiger partial charge in [-0.15, -0.1) is 23.5 Å². The topological polar surface area (TPSA) is 26.0 Å². The standard InChI is InChI=1S/C11H15NS2/c12-9-11(13-7-4-8-14-11)10-5-2-1-3-6-10/h1-3,5-6H,4,7-9,12H2. The van der Waals surface area contributed by atoms with E-state index in [1.165, 1.54) is 23.5 Å². The summed E-state index contributed by atoms with van der Waals surface area (Å²) in [7, 11) is 0. The Morgan fingerprint density at radius 2 is 1.79 bits per heavy atom. The van der Waals surface area contributed by atoms with E-state index in [1.54, 1.807) is 0 Å². The molecular formula is C11H15NS2. The molecule has 0 aromatic heterocycles. The molecule has 2 rings (SSSR count). The van der Waals surface area contributed by atoms with Crippen LogP contribution < -0.4 is 5.73 Å². The molecule has 1 aliphatic heterocycles. The minimum absolute atomic E-state index is 0.125. The van der Waals surface area contributed by atoms with Gasteiger partial charge in [-0.3, -0.25) is 0 Å². The van der Waals surface area contributed by atoms with E-state index in [0.717, 1.165) is 6.54 Å². The van der Waals surface area contributed by atoms with Crippen molar-refractivity contribution in [3.63, 3.8) is 0 Å². The van der Waals surface area contributed by atoms with Gasteiger partial charge in [0, 0.05) is 6.54 Å². The van der Waals surface area contributed by atoms with Gasteiger partial charge in [-0.05, 0) is 23.5 Å². The van der Waals surface area contributed by atoms with E-state index >= 15 is 0 Å². The van der Waals surface area contributed by atoms with Crippen LogP contribution in [0.3, 0.4) is 0 Å². The van der Waals surface area contributed by atoms with Gasteiger partial charge < -0.3 is 5.73 Å². The van der Waals surface area contributed by atoms with Gasteiger partial charge in [0.05, 0.1) is 4.08 Å². The Bertz CT molecular complexity index is 281. The number of benzene rings is 1. The fraction of sp³-hybridized carbons (Fsp3) is 0.455. The van der Waals surface area contributed by atoms with E-state index in [2.05, 4.69) is 30.3 Å². The first-order chi connectivity index (χ1) is 6.87. The van der Waals surface area contributed by atoms with E-state index in [-0.39, 0.29) is 4.08 Å². The van der Waals surface area contributed by atoms with Crippen molar-refractivity contribution >= 4 is 23.5 Å². The predicted octanol–water partition coefficient (Wildman–Crippen LogP) is 2.67. The zero-order chi connectivity index (χ0) is 9.86. The Hall–Kier alpha value is -0.120. The average Bonchev–Trinajstić information content (AvgIpc) is 2.31. The van der Waals surface area contributed by atoms with E-state index < -0.39 is 0 Å². The lowest BCUT2D eigenvalue weighted by Crippen LogP contribution is -2.31. The second-order valence-corrected chi connectivity index (χ2v) is 6.42. The van der Waals surface area contributed by atoms with Gasteiger partial charge in [0.15, 0.2) is 0 Å². The molecule has 0 radical (unpaired) electrons. The maximum Gasteiger partial charge on any atom is 0.0981 e. The van der Waals surface area contributed by atoms with Crippen LogP contribution in [0.2, 0.25) is 0 Å². The molecule has 1 aromatic carbocycles. The van der Waals surface area contributed by atoms with E-state index in [1.807, 2.05) is 23.5 Å². The van der Waals surface area contributed by atoms with E-state index in [0.29, 0.717) is 0 Å². The Morgan fingerprint density at radius 3 is 2.36 bits per heavy atom. The summed E-state index contributed by atoms with van der Waals surface area (Å²) in [4.78, 5) is 0. The fourth-order valence-electron chi connectivity index (χ4n) is 1.67. The highest BCUT2D eigenvalue weighted by atomic mass is 32.2. The Morgan fingerprint density at radius 1 is 1.14 bits per heavy atom. The third-order valence-electron chi connectivity index (χ3n) is 2.44. The molecule has 76 valence electrons. The molecule has 1 saturated heterocycles. The van der Waals surface area contributed by atoms with E-state index in [4.69, 9.17) is 5.73 Å². The summed E-state index contributed by atoms with van der Waals surface area (Å²) in [6, 6.07) is 10.6. The van der Waals surface area contributed by atoms with Gasteiger partial charge in [-0.1, -0.05) is 30.3 Å². The monoisotopic (exact) mass is 225 g/mol. The highest BCUT2D eigenvalue weighted by molar-refractivity contribution is 8.18. The molecule has 0 aliphatic carbocycles. The Balaban J connectivity index is 2.27. The molecule has 2 N–H and O–H groups in total. The van der Waals surface area contributed by atoms with Crippen molar-refractivity contribution in [2.24, 2.45) is 5.73 Å². The van der Waals surface area contributed by atoms with Crippen molar-refractivity contribution in [2.75, 3.05) is 18.1 Å². The van der Waals surface area contributed by atoms with Gasteiger partial charge in [-0.2, -0.15) is 0 Å². The summed E-state index contributed by atoms with van der Waals surface area (Å²) in [5, 5.41) is 0. The van der Waals surface area contributed by atoms with Gasteiger partial charge in [-0.25, -0.2) is 0 Å². The lowest BCUT2D eigenvalue weighted by molar-refractivity contribution is 0.859. The SMILES string of the molecule is NCC1(c2ccccc2)SCCCS1. The zero-order valence-corrected chi connectivity index (χ0v) is 9.74. The van der Waals surface area contributed by atoms with Crippen LogP contribution in [-0.4, -0.2) is 18.1 Å². The first-order valence-electron chi connectivity index (χ1n) is 4.91. The molecule has 1 aromatic rings. The van der Waals surface area contributed by atoms with Crippen LogP contribution in [0.5, 0.6) is 0 Å². The van der Waals surface area contributed by atoms with Crippen molar-refractivity contribution < 1.29 is 0 Å². The summed E-state index contributed by atoms with van der Waals surface area (Å²) in [6.07, 6.45) is 1.31. The lowest BCUT2D eigenvalue weighted by atomic mass is 10.1. The molecule has 0 amide bonds. The summed E-state index contributed by atoms with van der Waals surface area (Å²) < 4.78 is 0.125. The van der Waals surface area contributed by atoms with Crippen LogP contribution in [0.25, 0.3) is 0 Å². The zero-order valence-electron chi connectivity index (χ0n) is 8.11. The largest absolute Gasteiger partial charge is 0.328 e. The third-order valence-corrected chi connectivity index (χ3v) is 5.87. The molecule has 0 bridgehead atoms. The fourth-order valence-corrected chi connectivity index (χ4v) is 4.76. The smallest absolute Gasteiger partial charge is 0.0981 e. The number of nitrogens with two attached hydrogens (primary N) is 1. The minimum Gasteiger partial charge on any atom is -0.328 e. The third kappa shape index (κ3) is 1.95. The molecule has 0 atom stereocenters. The van der Waals surface area contributed by atoms with Crippen LogP contribution in [0.4, 0.5) is 0 Å². The van der Waals surface area contributed by atoms with Crippen molar-refractivity contribution in [3.05, 3.63) is 35.9 Å². The molecule has 14 heavy (non-hydrogen) atoms. The minimum atomic E-state index is 0.125. The molecule has 1 nitrogen and oxygen atoms in total. The number of hydrogen-bond acceptors (Lipinski definition) is 3. The van der Waals surface area contributed by atoms with Crippen molar-refractivity contribution in [1.82, 2.24) is 0 Å². The normalized spacial score (nSPS) is 20.6. The second-order valence-electron chi connectivity index (χ2n) is 3.37. The molecule has 0 saturated carbocycles.